The molecule has 0 aliphatic rings. The Morgan fingerprint density at radius 3 is 2.56 bits per heavy atom. The maximum absolute atomic E-state index is 11.5. The van der Waals surface area contributed by atoms with Crippen LogP contribution < -0.4 is 5.32 Å². The Morgan fingerprint density at radius 1 is 1.22 bits per heavy atom. The van der Waals surface area contributed by atoms with E-state index < -0.39 is 9.84 Å². The van der Waals surface area contributed by atoms with Gasteiger partial charge in [0.1, 0.15) is 5.76 Å². The second kappa shape index (κ2) is 4.96. The highest BCUT2D eigenvalue weighted by molar-refractivity contribution is 7.90. The van der Waals surface area contributed by atoms with Crippen LogP contribution in [0.25, 0.3) is 0 Å². The summed E-state index contributed by atoms with van der Waals surface area (Å²) in [5.41, 5.74) is 0.857. The van der Waals surface area contributed by atoms with Crippen LogP contribution in [0.15, 0.2) is 52.0 Å². The van der Waals surface area contributed by atoms with Crippen molar-refractivity contribution < 1.29 is 12.8 Å². The van der Waals surface area contributed by atoms with Gasteiger partial charge in [0, 0.05) is 6.26 Å². The van der Waals surface area contributed by atoms with Gasteiger partial charge in [0.15, 0.2) is 9.84 Å². The highest BCUT2D eigenvalue weighted by Gasteiger charge is 2.16. The number of nitrogens with one attached hydrogen (secondary N) is 1. The summed E-state index contributed by atoms with van der Waals surface area (Å²) in [6, 6.07) is 10.4. The van der Waals surface area contributed by atoms with Crippen molar-refractivity contribution in [2.24, 2.45) is 0 Å². The van der Waals surface area contributed by atoms with Crippen molar-refractivity contribution in [2.75, 3.05) is 13.3 Å². The van der Waals surface area contributed by atoms with Crippen LogP contribution in [0.2, 0.25) is 0 Å². The smallest absolute Gasteiger partial charge is 0.175 e. The lowest BCUT2D eigenvalue weighted by molar-refractivity contribution is 0.463. The predicted octanol–water partition coefficient (Wildman–Crippen LogP) is 1.99. The quantitative estimate of drug-likeness (QED) is 0.918. The van der Waals surface area contributed by atoms with Crippen molar-refractivity contribution in [3.63, 3.8) is 0 Å². The van der Waals surface area contributed by atoms with E-state index >= 15 is 0 Å². The van der Waals surface area contributed by atoms with Gasteiger partial charge in [0.2, 0.25) is 0 Å². The van der Waals surface area contributed by atoms with Crippen LogP contribution in [0.3, 0.4) is 0 Å². The maximum Gasteiger partial charge on any atom is 0.175 e. The van der Waals surface area contributed by atoms with Crippen LogP contribution in [-0.4, -0.2) is 21.7 Å². The summed E-state index contributed by atoms with van der Waals surface area (Å²) in [5.74, 6) is 0.753. The van der Waals surface area contributed by atoms with Gasteiger partial charge >= 0.3 is 0 Å². The Bertz CT molecular complexity index is 617. The zero-order valence-corrected chi connectivity index (χ0v) is 11.1. The molecule has 1 unspecified atom stereocenters. The number of rotatable bonds is 4. The normalized spacial score (nSPS) is 13.4. The molecule has 1 atom stereocenters. The molecule has 1 aromatic heterocycles. The molecule has 18 heavy (non-hydrogen) atoms. The lowest BCUT2D eigenvalue weighted by Crippen LogP contribution is -2.17. The van der Waals surface area contributed by atoms with E-state index in [0.717, 1.165) is 11.3 Å². The summed E-state index contributed by atoms with van der Waals surface area (Å²) in [4.78, 5) is 0.312. The Kier molecular flexibility index (Phi) is 3.54. The average Bonchev–Trinajstić information content (AvgIpc) is 2.83. The molecule has 0 amide bonds. The molecule has 0 radical (unpaired) electrons. The van der Waals surface area contributed by atoms with Gasteiger partial charge < -0.3 is 9.73 Å². The van der Waals surface area contributed by atoms with Crippen molar-refractivity contribution in [3.05, 3.63) is 54.0 Å². The van der Waals surface area contributed by atoms with Crippen LogP contribution in [0.4, 0.5) is 0 Å². The summed E-state index contributed by atoms with van der Waals surface area (Å²) in [5, 5.41) is 3.11. The van der Waals surface area contributed by atoms with Gasteiger partial charge in [-0.05, 0) is 36.9 Å². The van der Waals surface area contributed by atoms with Crippen molar-refractivity contribution in [1.29, 1.82) is 0 Å². The van der Waals surface area contributed by atoms with E-state index in [0.29, 0.717) is 4.90 Å². The number of hydrogen-bond donors (Lipinski definition) is 1. The second-order valence-corrected chi connectivity index (χ2v) is 6.10. The monoisotopic (exact) mass is 265 g/mol. The van der Waals surface area contributed by atoms with Crippen LogP contribution in [-0.2, 0) is 9.84 Å². The molecule has 5 heteroatoms. The minimum absolute atomic E-state index is 0.151. The van der Waals surface area contributed by atoms with Gasteiger partial charge in [0.25, 0.3) is 0 Å². The van der Waals surface area contributed by atoms with E-state index in [1.807, 2.05) is 12.1 Å². The van der Waals surface area contributed by atoms with Crippen LogP contribution in [0, 0.1) is 0 Å². The molecule has 0 aliphatic carbocycles. The molecule has 0 bridgehead atoms. The van der Waals surface area contributed by atoms with Gasteiger partial charge in [0.05, 0.1) is 17.2 Å². The third-order valence-electron chi connectivity index (χ3n) is 2.74. The van der Waals surface area contributed by atoms with Crippen LogP contribution >= 0.6 is 0 Å². The van der Waals surface area contributed by atoms with Gasteiger partial charge in [-0.1, -0.05) is 12.1 Å². The van der Waals surface area contributed by atoms with E-state index in [1.165, 1.54) is 6.26 Å². The molecule has 1 N–H and O–H groups in total. The fourth-order valence-corrected chi connectivity index (χ4v) is 2.53. The van der Waals surface area contributed by atoms with Crippen molar-refractivity contribution in [2.45, 2.75) is 10.9 Å². The Hall–Kier alpha value is -1.59. The van der Waals surface area contributed by atoms with Crippen LogP contribution in [0.1, 0.15) is 17.4 Å². The molecule has 0 spiro atoms. The first-order chi connectivity index (χ1) is 8.52. The van der Waals surface area contributed by atoms with Gasteiger partial charge in [-0.25, -0.2) is 8.42 Å². The van der Waals surface area contributed by atoms with Crippen molar-refractivity contribution in [1.82, 2.24) is 5.32 Å². The summed E-state index contributed by atoms with van der Waals surface area (Å²) >= 11 is 0. The molecule has 1 heterocycles. The number of sulfone groups is 1. The molecule has 0 fully saturated rings. The summed E-state index contributed by atoms with van der Waals surface area (Å²) in [7, 11) is -1.39. The number of benzene rings is 1. The van der Waals surface area contributed by atoms with Gasteiger partial charge in [-0.2, -0.15) is 0 Å². The number of hydrogen-bond acceptors (Lipinski definition) is 4. The molecule has 0 aliphatic heterocycles. The first kappa shape index (κ1) is 12.9. The highest BCUT2D eigenvalue weighted by Crippen LogP contribution is 2.24. The van der Waals surface area contributed by atoms with E-state index in [1.54, 1.807) is 37.6 Å². The van der Waals surface area contributed by atoms with Crippen LogP contribution in [0.5, 0.6) is 0 Å². The summed E-state index contributed by atoms with van der Waals surface area (Å²) in [6.07, 6.45) is 2.80. The Morgan fingerprint density at radius 2 is 2.00 bits per heavy atom. The first-order valence-electron chi connectivity index (χ1n) is 5.53. The lowest BCUT2D eigenvalue weighted by Gasteiger charge is -2.14. The molecule has 0 saturated heterocycles. The Balaban J connectivity index is 2.44. The van der Waals surface area contributed by atoms with E-state index in [9.17, 15) is 8.42 Å². The van der Waals surface area contributed by atoms with Crippen molar-refractivity contribution >= 4 is 9.84 Å². The molecule has 1 aromatic carbocycles. The van der Waals surface area contributed by atoms with Crippen molar-refractivity contribution in [3.8, 4) is 0 Å². The van der Waals surface area contributed by atoms with E-state index in [-0.39, 0.29) is 6.04 Å². The lowest BCUT2D eigenvalue weighted by atomic mass is 10.1. The topological polar surface area (TPSA) is 59.3 Å². The minimum Gasteiger partial charge on any atom is -0.467 e. The Labute approximate surface area is 107 Å². The van der Waals surface area contributed by atoms with Gasteiger partial charge in [-0.15, -0.1) is 0 Å². The van der Waals surface area contributed by atoms with Gasteiger partial charge in [-0.3, -0.25) is 0 Å². The van der Waals surface area contributed by atoms with E-state index in [2.05, 4.69) is 5.32 Å². The number of furan rings is 1. The first-order valence-corrected chi connectivity index (χ1v) is 7.42. The second-order valence-electron chi connectivity index (χ2n) is 4.08. The summed E-state index contributed by atoms with van der Waals surface area (Å²) in [6.45, 7) is 0. The molecular formula is C13H15NO3S. The largest absolute Gasteiger partial charge is 0.467 e. The third kappa shape index (κ3) is 2.63. The predicted molar refractivity (Wildman–Crippen MR) is 69.2 cm³/mol. The molecule has 4 nitrogen and oxygen atoms in total. The minimum atomic E-state index is -3.19. The standard InChI is InChI=1S/C13H15NO3S/c1-14-13(12-7-4-8-17-12)10-5-3-6-11(9-10)18(2,15)16/h3-9,13-14H,1-2H3. The highest BCUT2D eigenvalue weighted by atomic mass is 32.2. The molecule has 0 saturated carbocycles. The zero-order valence-electron chi connectivity index (χ0n) is 10.3. The van der Waals surface area contributed by atoms with E-state index in [4.69, 9.17) is 4.42 Å². The fourth-order valence-electron chi connectivity index (χ4n) is 1.85. The molecular weight excluding hydrogens is 250 g/mol. The molecule has 2 aromatic rings. The molecule has 96 valence electrons. The maximum atomic E-state index is 11.5. The SMILES string of the molecule is CNC(c1cccc(S(C)(=O)=O)c1)c1ccco1. The molecule has 2 rings (SSSR count). The zero-order chi connectivity index (χ0) is 13.2. The summed E-state index contributed by atoms with van der Waals surface area (Å²) < 4.78 is 28.4. The average molecular weight is 265 g/mol. The fraction of sp³-hybridized carbons (Fsp3) is 0.231. The third-order valence-corrected chi connectivity index (χ3v) is 3.85.